The van der Waals surface area contributed by atoms with Crippen molar-refractivity contribution in [3.63, 3.8) is 0 Å². The Bertz CT molecular complexity index is 872. The molecule has 27 heavy (non-hydrogen) atoms. The number of thioether (sulfide) groups is 1. The Hall–Kier alpha value is -2.00. The number of aromatic nitrogens is 2. The van der Waals surface area contributed by atoms with Crippen molar-refractivity contribution in [3.05, 3.63) is 38.4 Å². The van der Waals surface area contributed by atoms with E-state index in [0.717, 1.165) is 17.1 Å². The minimum absolute atomic E-state index is 0.0445. The number of rotatable bonds is 9. The van der Waals surface area contributed by atoms with Crippen molar-refractivity contribution in [2.45, 2.75) is 44.4 Å². The van der Waals surface area contributed by atoms with Gasteiger partial charge in [0.05, 0.1) is 9.96 Å². The Morgan fingerprint density at radius 3 is 2.74 bits per heavy atom. The summed E-state index contributed by atoms with van der Waals surface area (Å²) in [7, 11) is 0. The lowest BCUT2D eigenvalue weighted by atomic mass is 10.2. The van der Waals surface area contributed by atoms with E-state index in [-0.39, 0.29) is 29.1 Å². The van der Waals surface area contributed by atoms with Crippen LogP contribution in [0.25, 0.3) is 0 Å². The molecule has 0 unspecified atom stereocenters. The van der Waals surface area contributed by atoms with Gasteiger partial charge in [0, 0.05) is 13.1 Å². The number of unbranched alkanes of at least 4 members (excludes halogenated alkanes) is 1. The van der Waals surface area contributed by atoms with Gasteiger partial charge in [-0.2, -0.15) is 0 Å². The third kappa shape index (κ3) is 5.49. The number of anilines is 2. The van der Waals surface area contributed by atoms with E-state index in [1.54, 1.807) is 11.3 Å². The molecule has 0 fully saturated rings. The summed E-state index contributed by atoms with van der Waals surface area (Å²) in [6.45, 7) is 6.67. The molecular formula is C18H26N4O3S2. The van der Waals surface area contributed by atoms with Gasteiger partial charge in [0.1, 0.15) is 5.82 Å². The van der Waals surface area contributed by atoms with Crippen LogP contribution in [0.5, 0.6) is 0 Å². The zero-order valence-electron chi connectivity index (χ0n) is 15.9. The van der Waals surface area contributed by atoms with Gasteiger partial charge in [-0.25, -0.2) is 4.79 Å². The molecule has 0 aromatic carbocycles. The van der Waals surface area contributed by atoms with Crippen molar-refractivity contribution < 1.29 is 4.79 Å². The smallest absolute Gasteiger partial charge is 0.330 e. The molecule has 0 aliphatic rings. The summed E-state index contributed by atoms with van der Waals surface area (Å²) >= 11 is 2.99. The SMILES string of the molecule is CCCCN(C(=O)CSc1cccs1)c1c(N)n(CC(C)C)c(=O)[nH]c1=O. The summed E-state index contributed by atoms with van der Waals surface area (Å²) in [6, 6.07) is 3.87. The Morgan fingerprint density at radius 1 is 1.41 bits per heavy atom. The molecule has 0 atom stereocenters. The van der Waals surface area contributed by atoms with E-state index in [1.165, 1.54) is 21.2 Å². The van der Waals surface area contributed by atoms with E-state index in [2.05, 4.69) is 4.98 Å². The Balaban J connectivity index is 2.38. The number of carbonyl (C=O) groups is 1. The second kappa shape index (κ2) is 9.80. The lowest BCUT2D eigenvalue weighted by Crippen LogP contribution is -2.42. The molecule has 0 saturated carbocycles. The molecule has 0 radical (unpaired) electrons. The van der Waals surface area contributed by atoms with E-state index in [0.29, 0.717) is 13.1 Å². The maximum atomic E-state index is 12.9. The molecule has 0 aliphatic heterocycles. The predicted octanol–water partition coefficient (Wildman–Crippen LogP) is 2.76. The first-order valence-corrected chi connectivity index (χ1v) is 10.8. The van der Waals surface area contributed by atoms with Crippen LogP contribution in [0.3, 0.4) is 0 Å². The molecule has 2 aromatic heterocycles. The number of H-pyrrole nitrogens is 1. The monoisotopic (exact) mass is 410 g/mol. The third-order valence-corrected chi connectivity index (χ3v) is 6.02. The molecule has 9 heteroatoms. The number of nitrogens with two attached hydrogens (primary N) is 1. The summed E-state index contributed by atoms with van der Waals surface area (Å²) in [5, 5.41) is 1.95. The highest BCUT2D eigenvalue weighted by atomic mass is 32.2. The van der Waals surface area contributed by atoms with Gasteiger partial charge >= 0.3 is 5.69 Å². The average Bonchev–Trinajstić information content (AvgIpc) is 3.12. The van der Waals surface area contributed by atoms with Crippen LogP contribution in [-0.2, 0) is 11.3 Å². The number of hydrogen-bond acceptors (Lipinski definition) is 6. The van der Waals surface area contributed by atoms with Crippen LogP contribution in [0.15, 0.2) is 31.3 Å². The quantitative estimate of drug-likeness (QED) is 0.619. The van der Waals surface area contributed by atoms with Crippen molar-refractivity contribution in [3.8, 4) is 0 Å². The zero-order chi connectivity index (χ0) is 20.0. The number of nitrogens with zero attached hydrogens (tertiary/aromatic N) is 2. The second-order valence-electron chi connectivity index (χ2n) is 6.62. The maximum absolute atomic E-state index is 12.9. The first-order valence-electron chi connectivity index (χ1n) is 8.94. The van der Waals surface area contributed by atoms with Crippen molar-refractivity contribution in [2.24, 2.45) is 5.92 Å². The molecule has 7 nitrogen and oxygen atoms in total. The van der Waals surface area contributed by atoms with Gasteiger partial charge in [-0.3, -0.25) is 19.1 Å². The largest absolute Gasteiger partial charge is 0.383 e. The van der Waals surface area contributed by atoms with Crippen molar-refractivity contribution in [2.75, 3.05) is 22.9 Å². The summed E-state index contributed by atoms with van der Waals surface area (Å²) in [6.07, 6.45) is 1.60. The predicted molar refractivity (Wildman–Crippen MR) is 113 cm³/mol. The fourth-order valence-electron chi connectivity index (χ4n) is 2.62. The molecule has 2 aromatic rings. The van der Waals surface area contributed by atoms with Gasteiger partial charge in [-0.05, 0) is 23.8 Å². The molecular weight excluding hydrogens is 384 g/mol. The summed E-state index contributed by atoms with van der Waals surface area (Å²) < 4.78 is 2.37. The van der Waals surface area contributed by atoms with Crippen LogP contribution in [-0.4, -0.2) is 27.8 Å². The van der Waals surface area contributed by atoms with E-state index in [1.807, 2.05) is 38.3 Å². The van der Waals surface area contributed by atoms with E-state index >= 15 is 0 Å². The fraction of sp³-hybridized carbons (Fsp3) is 0.500. The molecule has 2 heterocycles. The van der Waals surface area contributed by atoms with E-state index < -0.39 is 11.2 Å². The zero-order valence-corrected chi connectivity index (χ0v) is 17.5. The number of hydrogen-bond donors (Lipinski definition) is 2. The molecule has 2 rings (SSSR count). The summed E-state index contributed by atoms with van der Waals surface area (Å²) in [5.41, 5.74) is 5.08. The topological polar surface area (TPSA) is 101 Å². The van der Waals surface area contributed by atoms with Gasteiger partial charge in [0.15, 0.2) is 5.69 Å². The van der Waals surface area contributed by atoms with Crippen LogP contribution in [0.2, 0.25) is 0 Å². The van der Waals surface area contributed by atoms with Gasteiger partial charge in [-0.1, -0.05) is 33.3 Å². The minimum Gasteiger partial charge on any atom is -0.383 e. The molecule has 1 amide bonds. The molecule has 3 N–H and O–H groups in total. The van der Waals surface area contributed by atoms with Crippen LogP contribution >= 0.6 is 23.1 Å². The number of nitrogens with one attached hydrogen (secondary N) is 1. The lowest BCUT2D eigenvalue weighted by Gasteiger charge is -2.24. The van der Waals surface area contributed by atoms with Crippen LogP contribution in [0.1, 0.15) is 33.6 Å². The van der Waals surface area contributed by atoms with Crippen molar-refractivity contribution >= 4 is 40.5 Å². The Morgan fingerprint density at radius 2 is 2.15 bits per heavy atom. The maximum Gasteiger partial charge on any atom is 0.330 e. The lowest BCUT2D eigenvalue weighted by molar-refractivity contribution is -0.116. The van der Waals surface area contributed by atoms with Crippen LogP contribution < -0.4 is 21.9 Å². The highest BCUT2D eigenvalue weighted by Crippen LogP contribution is 2.25. The number of thiophene rings is 1. The molecule has 0 bridgehead atoms. The second-order valence-corrected chi connectivity index (χ2v) is 8.84. The normalized spacial score (nSPS) is 11.1. The first kappa shape index (κ1) is 21.3. The van der Waals surface area contributed by atoms with Gasteiger partial charge < -0.3 is 10.6 Å². The third-order valence-electron chi connectivity index (χ3n) is 3.90. The molecule has 0 saturated heterocycles. The van der Waals surface area contributed by atoms with Crippen LogP contribution in [0.4, 0.5) is 11.5 Å². The Labute approximate surface area is 166 Å². The van der Waals surface area contributed by atoms with E-state index in [9.17, 15) is 14.4 Å². The average molecular weight is 411 g/mol. The number of nitrogen functional groups attached to an aromatic ring is 1. The highest BCUT2D eigenvalue weighted by Gasteiger charge is 2.24. The molecule has 0 spiro atoms. The van der Waals surface area contributed by atoms with Gasteiger partial charge in [0.25, 0.3) is 5.56 Å². The molecule has 148 valence electrons. The summed E-state index contributed by atoms with van der Waals surface area (Å²) in [5.74, 6) is 0.210. The number of carbonyl (C=O) groups excluding carboxylic acids is 1. The van der Waals surface area contributed by atoms with Gasteiger partial charge in [-0.15, -0.1) is 23.1 Å². The molecule has 0 aliphatic carbocycles. The van der Waals surface area contributed by atoms with Crippen molar-refractivity contribution in [1.29, 1.82) is 0 Å². The summed E-state index contributed by atoms with van der Waals surface area (Å²) in [4.78, 5) is 41.3. The number of aromatic amines is 1. The number of amides is 1. The Kier molecular flexibility index (Phi) is 7.73. The first-order chi connectivity index (χ1) is 12.8. The fourth-order valence-corrected chi connectivity index (χ4v) is 4.28. The van der Waals surface area contributed by atoms with Gasteiger partial charge in [0.2, 0.25) is 5.91 Å². The highest BCUT2D eigenvalue weighted by molar-refractivity contribution is 8.01. The standard InChI is InChI=1S/C18H26N4O3S2/c1-4-5-8-21(13(23)11-27-14-7-6-9-26-14)15-16(19)22(10-12(2)3)18(25)20-17(15)24/h6-7,9,12H,4-5,8,10-11,19H2,1-3H3,(H,20,24,25). The minimum atomic E-state index is -0.622. The van der Waals surface area contributed by atoms with Crippen LogP contribution in [0, 0.1) is 5.92 Å². The van der Waals surface area contributed by atoms with Crippen molar-refractivity contribution in [1.82, 2.24) is 9.55 Å². The van der Waals surface area contributed by atoms with E-state index in [4.69, 9.17) is 5.73 Å².